The van der Waals surface area contributed by atoms with Crippen molar-refractivity contribution in [1.29, 1.82) is 0 Å². The number of hydrogen-bond acceptors (Lipinski definition) is 11. The van der Waals surface area contributed by atoms with Gasteiger partial charge in [0.2, 0.25) is 0 Å². The number of nitrogens with zero attached hydrogens (tertiary/aromatic N) is 2. The van der Waals surface area contributed by atoms with Crippen LogP contribution in [0, 0.1) is 20.2 Å². The summed E-state index contributed by atoms with van der Waals surface area (Å²) in [6.07, 6.45) is 0. The fourth-order valence-corrected chi connectivity index (χ4v) is 1.74. The Kier molecular flexibility index (Phi) is 33.8. The second-order valence-corrected chi connectivity index (χ2v) is 6.19. The number of phosphoric acid groups is 1. The van der Waals surface area contributed by atoms with Gasteiger partial charge in [0.25, 0.3) is 11.4 Å². The van der Waals surface area contributed by atoms with Crippen molar-refractivity contribution in [3.05, 3.63) is 68.8 Å². The first-order valence-corrected chi connectivity index (χ1v) is 18.4. The first kappa shape index (κ1) is 44.9. The third kappa shape index (κ3) is 26.0. The van der Waals surface area contributed by atoms with E-state index in [2.05, 4.69) is 9.20 Å². The van der Waals surface area contributed by atoms with Crippen molar-refractivity contribution in [1.82, 2.24) is 0 Å². The zero-order valence-electron chi connectivity index (χ0n) is 17.9. The summed E-state index contributed by atoms with van der Waals surface area (Å²) < 4.78 is 26.2. The summed E-state index contributed by atoms with van der Waals surface area (Å²) in [5.41, 5.74) is -0.194. The van der Waals surface area contributed by atoms with Gasteiger partial charge in [-0.1, -0.05) is 7.43 Å². The Morgan fingerprint density at radius 3 is 1.41 bits per heavy atom. The summed E-state index contributed by atoms with van der Waals surface area (Å²) >= 11 is 2.89. The SMILES string of the molecule is C.O=[N+]([O-])c1ccc(O)cc1.O=[N+]([O-])c1ccc(OP(=O)(O)O)cc1.O=[P+]([O-])OO.[Na+].[Na+].[Na][Na]. The van der Waals surface area contributed by atoms with E-state index in [1.54, 1.807) is 0 Å². The Morgan fingerprint density at radius 2 is 1.18 bits per heavy atom. The molecule has 2 aromatic rings. The monoisotopic (exact) mass is 562 g/mol. The summed E-state index contributed by atoms with van der Waals surface area (Å²) in [5.74, 6) is -0.0884. The number of rotatable bonds is 5. The zero-order chi connectivity index (χ0) is 24.6. The summed E-state index contributed by atoms with van der Waals surface area (Å²) in [6, 6.07) is 9.44. The molecule has 2 aromatic carbocycles. The molecule has 21 heteroatoms. The average Bonchev–Trinajstić information content (AvgIpc) is 2.70. The molecule has 34 heavy (non-hydrogen) atoms. The summed E-state index contributed by atoms with van der Waals surface area (Å²) in [7, 11) is -7.64. The molecule has 0 saturated carbocycles. The van der Waals surface area contributed by atoms with Gasteiger partial charge in [-0.05, 0) is 28.8 Å². The van der Waals surface area contributed by atoms with Gasteiger partial charge in [0.05, 0.1) is 9.85 Å². The van der Waals surface area contributed by atoms with Crippen LogP contribution in [0.1, 0.15) is 7.43 Å². The van der Waals surface area contributed by atoms with Crippen LogP contribution in [0.25, 0.3) is 0 Å². The van der Waals surface area contributed by atoms with Gasteiger partial charge < -0.3 is 14.5 Å². The fraction of sp³-hybridized carbons (Fsp3) is 0.0769. The van der Waals surface area contributed by atoms with E-state index >= 15 is 0 Å². The minimum absolute atomic E-state index is 0. The molecule has 0 radical (unpaired) electrons. The van der Waals surface area contributed by atoms with Crippen LogP contribution >= 0.6 is 16.1 Å². The molecule has 0 heterocycles. The number of phenols is 1. The van der Waals surface area contributed by atoms with Crippen LogP contribution in [0.4, 0.5) is 11.4 Å². The van der Waals surface area contributed by atoms with Crippen LogP contribution in [0.3, 0.4) is 0 Å². The van der Waals surface area contributed by atoms with Gasteiger partial charge in [-0.3, -0.25) is 30.0 Å². The number of phosphoric ester groups is 1. The van der Waals surface area contributed by atoms with Gasteiger partial charge in [0, 0.05) is 28.9 Å². The second-order valence-electron chi connectivity index (χ2n) is 4.41. The molecule has 1 atom stereocenters. The molecule has 0 aliphatic heterocycles. The van der Waals surface area contributed by atoms with Crippen LogP contribution in [-0.2, 0) is 13.8 Å². The van der Waals surface area contributed by atoms with Gasteiger partial charge in [-0.2, -0.15) is 0 Å². The summed E-state index contributed by atoms with van der Waals surface area (Å²) in [5, 5.41) is 36.0. The Morgan fingerprint density at radius 1 is 0.882 bits per heavy atom. The Bertz CT molecular complexity index is 885. The van der Waals surface area contributed by atoms with Crippen molar-refractivity contribution < 1.29 is 112 Å². The van der Waals surface area contributed by atoms with Crippen molar-refractivity contribution in [3.8, 4) is 11.5 Å². The number of non-ortho nitro benzene ring substituents is 2. The number of nitro groups is 2. The van der Waals surface area contributed by atoms with E-state index in [-0.39, 0.29) is 89.4 Å². The van der Waals surface area contributed by atoms with E-state index in [1.807, 2.05) is 0 Å². The summed E-state index contributed by atoms with van der Waals surface area (Å²) in [4.78, 5) is 44.8. The molecule has 0 spiro atoms. The molecule has 15 nitrogen and oxygen atoms in total. The molecule has 0 saturated heterocycles. The number of phenolic OH excluding ortho intramolecular Hbond substituents is 1. The quantitative estimate of drug-likeness (QED) is 0.0888. The van der Waals surface area contributed by atoms with Gasteiger partial charge in [0.1, 0.15) is 11.5 Å². The van der Waals surface area contributed by atoms with Gasteiger partial charge in [0.15, 0.2) is 0 Å². The first-order chi connectivity index (χ1) is 14.4. The molecule has 0 aliphatic rings. The van der Waals surface area contributed by atoms with E-state index in [0.717, 1.165) is 24.3 Å². The van der Waals surface area contributed by atoms with E-state index in [0.29, 0.717) is 0 Å². The van der Waals surface area contributed by atoms with Gasteiger partial charge >= 0.3 is 119 Å². The molecule has 1 unspecified atom stereocenters. The normalized spacial score (nSPS) is 9.12. The number of hydrogen-bond donors (Lipinski definition) is 4. The fourth-order valence-electron chi connectivity index (χ4n) is 1.34. The third-order valence-corrected chi connectivity index (χ3v) is 2.98. The summed E-state index contributed by atoms with van der Waals surface area (Å²) in [6.45, 7) is 0. The third-order valence-electron chi connectivity index (χ3n) is 2.40. The molecule has 0 fully saturated rings. The molecule has 0 bridgehead atoms. The molecule has 4 N–H and O–H groups in total. The van der Waals surface area contributed by atoms with E-state index in [9.17, 15) is 24.8 Å². The van der Waals surface area contributed by atoms with Gasteiger partial charge in [-0.25, -0.2) is 9.82 Å². The van der Waals surface area contributed by atoms with Crippen LogP contribution in [0.2, 0.25) is 0 Å². The van der Waals surface area contributed by atoms with Crippen LogP contribution in [0.5, 0.6) is 11.5 Å². The standard InChI is InChI=1S/C6H6NO6P.C6H5NO3.CH4.4Na.HO4P/c8-7(9)5-1-3-6(4-2-5)13-14(10,11)12;8-6-3-1-5(2-4-6)7(9)10;;;;;;1-4-5(2)3/h1-4H,(H2,10,11,12);1-4,8H;1H4;;;;;1H/q;;;;;2*+1;. The average molecular weight is 562 g/mol. The van der Waals surface area contributed by atoms with Crippen LogP contribution < -0.4 is 68.5 Å². The van der Waals surface area contributed by atoms with E-state index in [4.69, 9.17) is 29.6 Å². The van der Waals surface area contributed by atoms with Crippen molar-refractivity contribution in [2.24, 2.45) is 0 Å². The van der Waals surface area contributed by atoms with E-state index in [1.165, 1.54) is 67.9 Å². The van der Waals surface area contributed by atoms with Crippen LogP contribution in [0.15, 0.2) is 48.5 Å². The number of benzene rings is 2. The van der Waals surface area contributed by atoms with E-state index < -0.39 is 25.9 Å². The van der Waals surface area contributed by atoms with Crippen molar-refractivity contribution in [3.63, 3.8) is 0 Å². The Balaban J connectivity index is -0.000000124. The first-order valence-electron chi connectivity index (χ1n) is 7.74. The molecule has 0 aliphatic carbocycles. The zero-order valence-corrected chi connectivity index (χ0v) is 27.7. The Labute approximate surface area is 267 Å². The molecule has 2 rings (SSSR count). The second kappa shape index (κ2) is 25.6. The number of nitro benzene ring substituents is 2. The van der Waals surface area contributed by atoms with Gasteiger partial charge in [-0.15, -0.1) is 0 Å². The van der Waals surface area contributed by atoms with Crippen molar-refractivity contribution in [2.45, 2.75) is 7.43 Å². The predicted molar refractivity (Wildman–Crippen MR) is 110 cm³/mol. The van der Waals surface area contributed by atoms with Crippen molar-refractivity contribution in [2.75, 3.05) is 0 Å². The van der Waals surface area contributed by atoms with Crippen molar-refractivity contribution >= 4 is 71.1 Å². The molecular formula is C13H16N2Na4O13P2+2. The predicted octanol–water partition coefficient (Wildman–Crippen LogP) is -4.26. The minimum atomic E-state index is -4.60. The Hall–Kier alpha value is 0.970. The maximum atomic E-state index is 10.4. The number of aromatic hydroxyl groups is 1. The molecule has 0 aromatic heterocycles. The molecule has 0 amide bonds. The van der Waals surface area contributed by atoms with Crippen LogP contribution in [-0.4, -0.2) is 73.6 Å². The maximum absolute atomic E-state index is 10.4. The topological polar surface area (TPSA) is 243 Å². The molecular weight excluding hydrogens is 546 g/mol. The molecule has 168 valence electrons.